The fourth-order valence-corrected chi connectivity index (χ4v) is 4.33. The van der Waals surface area contributed by atoms with E-state index in [-0.39, 0.29) is 29.2 Å². The number of benzene rings is 1. The Morgan fingerprint density at radius 2 is 2.04 bits per heavy atom. The molecule has 2 N–H and O–H groups in total. The molecule has 2 aliphatic rings. The normalized spacial score (nSPS) is 26.3. The van der Waals surface area contributed by atoms with Gasteiger partial charge in [-0.2, -0.15) is 0 Å². The van der Waals surface area contributed by atoms with Gasteiger partial charge in [-0.25, -0.2) is 4.39 Å². The Kier molecular flexibility index (Phi) is 4.04. The summed E-state index contributed by atoms with van der Waals surface area (Å²) in [5.74, 6) is -0.153. The van der Waals surface area contributed by atoms with Gasteiger partial charge >= 0.3 is 0 Å². The molecule has 2 heterocycles. The van der Waals surface area contributed by atoms with Crippen LogP contribution in [0.1, 0.15) is 49.8 Å². The molecule has 4 rings (SSSR count). The fourth-order valence-electron chi connectivity index (χ4n) is 4.33. The third-order valence-corrected chi connectivity index (χ3v) is 5.72. The first-order valence-corrected chi connectivity index (χ1v) is 8.86. The highest BCUT2D eigenvalue weighted by molar-refractivity contribution is 6.06. The molecule has 1 unspecified atom stereocenters. The molecular weight excluding hydrogens is 317 g/mol. The van der Waals surface area contributed by atoms with E-state index in [1.165, 1.54) is 6.20 Å². The molecule has 1 amide bonds. The second-order valence-corrected chi connectivity index (χ2v) is 7.14. The van der Waals surface area contributed by atoms with Crippen LogP contribution in [-0.2, 0) is 10.2 Å². The largest absolute Gasteiger partial charge is 0.325 e. The summed E-state index contributed by atoms with van der Waals surface area (Å²) in [5, 5.41) is 6.55. The van der Waals surface area contributed by atoms with Gasteiger partial charge in [0.2, 0.25) is 5.91 Å². The van der Waals surface area contributed by atoms with Crippen molar-refractivity contribution in [3.8, 4) is 0 Å². The Morgan fingerprint density at radius 1 is 1.28 bits per heavy atom. The first kappa shape index (κ1) is 16.2. The number of aromatic nitrogens is 1. The Morgan fingerprint density at radius 3 is 2.80 bits per heavy atom. The number of amides is 1. The molecule has 0 radical (unpaired) electrons. The zero-order chi connectivity index (χ0) is 17.4. The Bertz CT molecular complexity index is 799. The maximum atomic E-state index is 13.9. The van der Waals surface area contributed by atoms with Crippen molar-refractivity contribution in [3.05, 3.63) is 59.7 Å². The lowest BCUT2D eigenvalue weighted by Crippen LogP contribution is -2.44. The highest BCUT2D eigenvalue weighted by atomic mass is 19.1. The van der Waals surface area contributed by atoms with E-state index >= 15 is 0 Å². The number of hydrogen-bond acceptors (Lipinski definition) is 3. The van der Waals surface area contributed by atoms with Gasteiger partial charge in [-0.3, -0.25) is 9.78 Å². The highest BCUT2D eigenvalue weighted by Gasteiger charge is 2.48. The van der Waals surface area contributed by atoms with Crippen LogP contribution in [-0.4, -0.2) is 16.9 Å². The van der Waals surface area contributed by atoms with Crippen molar-refractivity contribution in [2.24, 2.45) is 0 Å². The van der Waals surface area contributed by atoms with Gasteiger partial charge in [-0.15, -0.1) is 0 Å². The lowest BCUT2D eigenvalue weighted by molar-refractivity contribution is -0.122. The van der Waals surface area contributed by atoms with E-state index in [1.807, 2.05) is 25.1 Å². The van der Waals surface area contributed by atoms with Crippen molar-refractivity contribution in [3.63, 3.8) is 0 Å². The predicted molar refractivity (Wildman–Crippen MR) is 94.8 cm³/mol. The van der Waals surface area contributed by atoms with Crippen molar-refractivity contribution >= 4 is 11.6 Å². The maximum absolute atomic E-state index is 13.9. The van der Waals surface area contributed by atoms with Crippen LogP contribution in [0.3, 0.4) is 0 Å². The molecule has 1 aliphatic heterocycles. The average Bonchev–Trinajstić information content (AvgIpc) is 2.89. The average molecular weight is 339 g/mol. The number of nitrogens with one attached hydrogen (secondary N) is 2. The number of fused-ring (bicyclic) bond motifs is 2. The standard InChI is InChI=1S/C20H22FN3O/c1-13(15-8-11-22-12-17(15)21)23-14-6-9-20(10-7-14)16-4-2-3-5-18(16)24-19(20)25/h2-5,8,11-14,23H,6-7,9-10H2,1H3,(H,24,25). The molecular formula is C20H22FN3O. The molecule has 0 saturated heterocycles. The fraction of sp³-hybridized carbons (Fsp3) is 0.400. The molecule has 1 aliphatic carbocycles. The SMILES string of the molecule is CC(NC1CCC2(CC1)C(=O)Nc1ccccc12)c1ccncc1F. The molecule has 1 aromatic heterocycles. The summed E-state index contributed by atoms with van der Waals surface area (Å²) in [6.07, 6.45) is 6.31. The number of nitrogens with zero attached hydrogens (tertiary/aromatic N) is 1. The zero-order valence-electron chi connectivity index (χ0n) is 14.3. The van der Waals surface area contributed by atoms with Crippen LogP contribution in [0.15, 0.2) is 42.7 Å². The number of rotatable bonds is 3. The summed E-state index contributed by atoms with van der Waals surface area (Å²) >= 11 is 0. The lowest BCUT2D eigenvalue weighted by atomic mass is 9.69. The quantitative estimate of drug-likeness (QED) is 0.896. The number of para-hydroxylation sites is 1. The Balaban J connectivity index is 1.46. The van der Waals surface area contributed by atoms with Crippen LogP contribution in [0.4, 0.5) is 10.1 Å². The summed E-state index contributed by atoms with van der Waals surface area (Å²) in [4.78, 5) is 16.4. The van der Waals surface area contributed by atoms with E-state index in [9.17, 15) is 9.18 Å². The first-order valence-electron chi connectivity index (χ1n) is 8.86. The van der Waals surface area contributed by atoms with Gasteiger partial charge in [0.1, 0.15) is 5.82 Å². The van der Waals surface area contributed by atoms with Crippen LogP contribution in [0.2, 0.25) is 0 Å². The van der Waals surface area contributed by atoms with Gasteiger partial charge in [-0.1, -0.05) is 18.2 Å². The van der Waals surface area contributed by atoms with E-state index in [4.69, 9.17) is 0 Å². The van der Waals surface area contributed by atoms with E-state index < -0.39 is 0 Å². The monoisotopic (exact) mass is 339 g/mol. The van der Waals surface area contributed by atoms with Gasteiger partial charge in [0, 0.05) is 29.5 Å². The molecule has 5 heteroatoms. The molecule has 1 spiro atoms. The minimum absolute atomic E-state index is 0.0771. The summed E-state index contributed by atoms with van der Waals surface area (Å²) in [5.41, 5.74) is 2.33. The second kappa shape index (κ2) is 6.23. The van der Waals surface area contributed by atoms with Crippen molar-refractivity contribution in [1.82, 2.24) is 10.3 Å². The van der Waals surface area contributed by atoms with Crippen LogP contribution in [0.5, 0.6) is 0 Å². The molecule has 2 aromatic rings. The number of carbonyl (C=O) groups is 1. The van der Waals surface area contributed by atoms with Gasteiger partial charge in [0.05, 0.1) is 11.6 Å². The third-order valence-electron chi connectivity index (χ3n) is 5.72. The van der Waals surface area contributed by atoms with Crippen LogP contribution >= 0.6 is 0 Å². The van der Waals surface area contributed by atoms with Crippen LogP contribution in [0.25, 0.3) is 0 Å². The number of pyridine rings is 1. The first-order chi connectivity index (χ1) is 12.1. The molecule has 1 aromatic carbocycles. The molecule has 1 fully saturated rings. The summed E-state index contributed by atoms with van der Waals surface area (Å²) in [7, 11) is 0. The maximum Gasteiger partial charge on any atom is 0.235 e. The minimum atomic E-state index is -0.389. The van der Waals surface area contributed by atoms with Crippen LogP contribution in [0, 0.1) is 5.82 Å². The van der Waals surface area contributed by atoms with Gasteiger partial charge in [0.25, 0.3) is 0 Å². The van der Waals surface area contributed by atoms with E-state index in [0.717, 1.165) is 36.9 Å². The van der Waals surface area contributed by atoms with Gasteiger partial charge < -0.3 is 10.6 Å². The third kappa shape index (κ3) is 2.72. The van der Waals surface area contributed by atoms with Crippen molar-refractivity contribution < 1.29 is 9.18 Å². The zero-order valence-corrected chi connectivity index (χ0v) is 14.3. The molecule has 130 valence electrons. The summed E-state index contributed by atoms with van der Waals surface area (Å²) in [6, 6.07) is 9.92. The van der Waals surface area contributed by atoms with Crippen LogP contribution < -0.4 is 10.6 Å². The molecule has 4 nitrogen and oxygen atoms in total. The Labute approximate surface area is 146 Å². The summed E-state index contributed by atoms with van der Waals surface area (Å²) < 4.78 is 13.9. The molecule has 0 bridgehead atoms. The van der Waals surface area contributed by atoms with E-state index in [1.54, 1.807) is 12.3 Å². The number of anilines is 1. The van der Waals surface area contributed by atoms with E-state index in [2.05, 4.69) is 21.7 Å². The summed E-state index contributed by atoms with van der Waals surface area (Å²) in [6.45, 7) is 1.97. The molecule has 1 saturated carbocycles. The van der Waals surface area contributed by atoms with Crippen molar-refractivity contribution in [1.29, 1.82) is 0 Å². The number of hydrogen-bond donors (Lipinski definition) is 2. The smallest absolute Gasteiger partial charge is 0.235 e. The van der Waals surface area contributed by atoms with Crippen molar-refractivity contribution in [2.45, 2.75) is 50.1 Å². The van der Waals surface area contributed by atoms with Crippen molar-refractivity contribution in [2.75, 3.05) is 5.32 Å². The van der Waals surface area contributed by atoms with Gasteiger partial charge in [0.15, 0.2) is 0 Å². The topological polar surface area (TPSA) is 54.0 Å². The van der Waals surface area contributed by atoms with Gasteiger partial charge in [-0.05, 0) is 50.3 Å². The predicted octanol–water partition coefficient (Wildman–Crippen LogP) is 3.70. The number of carbonyl (C=O) groups excluding carboxylic acids is 1. The second-order valence-electron chi connectivity index (χ2n) is 7.14. The van der Waals surface area contributed by atoms with E-state index in [0.29, 0.717) is 5.56 Å². The molecule has 25 heavy (non-hydrogen) atoms. The molecule has 1 atom stereocenters. The Hall–Kier alpha value is -2.27. The minimum Gasteiger partial charge on any atom is -0.325 e. The number of halogens is 1. The highest BCUT2D eigenvalue weighted by Crippen LogP contribution is 2.47. The lowest BCUT2D eigenvalue weighted by Gasteiger charge is -2.37.